The van der Waals surface area contributed by atoms with Crippen LogP contribution in [0.1, 0.15) is 20.8 Å². The van der Waals surface area contributed by atoms with E-state index in [4.69, 9.17) is 21.1 Å². The summed E-state index contributed by atoms with van der Waals surface area (Å²) in [6, 6.07) is 13.2. The van der Waals surface area contributed by atoms with E-state index >= 15 is 0 Å². The molecule has 7 heteroatoms. The summed E-state index contributed by atoms with van der Waals surface area (Å²) >= 11 is 7.68. The van der Waals surface area contributed by atoms with Gasteiger partial charge in [-0.05, 0) is 47.3 Å². The van der Waals surface area contributed by atoms with Gasteiger partial charge in [-0.25, -0.2) is 4.39 Å². The molecule has 0 aliphatic rings. The van der Waals surface area contributed by atoms with Crippen LogP contribution in [0.4, 0.5) is 4.39 Å². The molecule has 3 aromatic rings. The zero-order valence-electron chi connectivity index (χ0n) is 15.4. The number of nitrogens with zero attached hydrogens (tertiary/aromatic N) is 1. The van der Waals surface area contributed by atoms with Crippen LogP contribution < -0.4 is 9.47 Å². The first-order valence-corrected chi connectivity index (χ1v) is 9.75. The molecule has 0 saturated heterocycles. The number of carbonyl (C=O) groups is 1. The molecule has 0 N–H and O–H groups in total. The fourth-order valence-electron chi connectivity index (χ4n) is 2.82. The molecule has 0 aliphatic carbocycles. The van der Waals surface area contributed by atoms with Gasteiger partial charge in [-0.2, -0.15) is 0 Å². The number of hydrogen-bond donors (Lipinski definition) is 0. The van der Waals surface area contributed by atoms with Crippen LogP contribution in [0.2, 0.25) is 5.02 Å². The number of carbonyl (C=O) groups excluding carboxylic acids is 1. The van der Waals surface area contributed by atoms with E-state index in [0.29, 0.717) is 24.6 Å². The molecule has 28 heavy (non-hydrogen) atoms. The van der Waals surface area contributed by atoms with E-state index in [1.54, 1.807) is 36.5 Å². The summed E-state index contributed by atoms with van der Waals surface area (Å²) in [6.07, 6.45) is 0. The lowest BCUT2D eigenvalue weighted by Crippen LogP contribution is -2.30. The molecule has 0 atom stereocenters. The van der Waals surface area contributed by atoms with Crippen molar-refractivity contribution < 1.29 is 18.7 Å². The summed E-state index contributed by atoms with van der Waals surface area (Å²) < 4.78 is 24.0. The second-order valence-electron chi connectivity index (χ2n) is 6.05. The molecule has 0 fully saturated rings. The van der Waals surface area contributed by atoms with Gasteiger partial charge in [0.15, 0.2) is 11.5 Å². The molecule has 0 unspecified atom stereocenters. The Labute approximate surface area is 172 Å². The zero-order chi connectivity index (χ0) is 20.1. The third kappa shape index (κ3) is 4.64. The third-order valence-electron chi connectivity index (χ3n) is 4.20. The molecule has 0 aliphatic heterocycles. The summed E-state index contributed by atoms with van der Waals surface area (Å²) in [7, 11) is 3.13. The van der Waals surface area contributed by atoms with Gasteiger partial charge in [0.1, 0.15) is 5.82 Å². The van der Waals surface area contributed by atoms with Crippen molar-refractivity contribution in [1.29, 1.82) is 0 Å². The maximum Gasteiger partial charge on any atom is 0.255 e. The van der Waals surface area contributed by atoms with Gasteiger partial charge >= 0.3 is 0 Å². The fourth-order valence-corrected chi connectivity index (χ4v) is 3.79. The van der Waals surface area contributed by atoms with Gasteiger partial charge in [0.2, 0.25) is 0 Å². The van der Waals surface area contributed by atoms with E-state index in [1.165, 1.54) is 12.1 Å². The average Bonchev–Trinajstić information content (AvgIpc) is 3.20. The van der Waals surface area contributed by atoms with Gasteiger partial charge < -0.3 is 14.4 Å². The molecule has 0 spiro atoms. The van der Waals surface area contributed by atoms with Gasteiger partial charge in [0.05, 0.1) is 31.4 Å². The van der Waals surface area contributed by atoms with Crippen LogP contribution in [-0.2, 0) is 13.1 Å². The molecular weight excluding hydrogens is 401 g/mol. The Morgan fingerprint density at radius 2 is 1.86 bits per heavy atom. The number of hydrogen-bond acceptors (Lipinski definition) is 4. The first-order valence-electron chi connectivity index (χ1n) is 8.49. The topological polar surface area (TPSA) is 38.8 Å². The lowest BCUT2D eigenvalue weighted by Gasteiger charge is -2.23. The molecule has 0 bridgehead atoms. The SMILES string of the molecule is COc1ccc(CN(Cc2cccs2)C(=O)c2ccc(F)cc2Cl)cc1OC. The van der Waals surface area contributed by atoms with E-state index in [1.807, 2.05) is 29.6 Å². The Morgan fingerprint density at radius 3 is 2.50 bits per heavy atom. The Balaban J connectivity index is 1.92. The summed E-state index contributed by atoms with van der Waals surface area (Å²) in [5.74, 6) is 0.451. The average molecular weight is 420 g/mol. The molecule has 0 radical (unpaired) electrons. The van der Waals surface area contributed by atoms with Crippen LogP contribution in [0.5, 0.6) is 11.5 Å². The van der Waals surface area contributed by atoms with Crippen LogP contribution in [-0.4, -0.2) is 25.0 Å². The van der Waals surface area contributed by atoms with Gasteiger partial charge in [0.25, 0.3) is 5.91 Å². The molecule has 4 nitrogen and oxygen atoms in total. The largest absolute Gasteiger partial charge is 0.493 e. The van der Waals surface area contributed by atoms with E-state index < -0.39 is 5.82 Å². The zero-order valence-corrected chi connectivity index (χ0v) is 17.0. The maximum atomic E-state index is 13.4. The number of benzene rings is 2. The first kappa shape index (κ1) is 20.2. The number of thiophene rings is 1. The van der Waals surface area contributed by atoms with E-state index in [0.717, 1.165) is 16.5 Å². The van der Waals surface area contributed by atoms with Crippen molar-refractivity contribution >= 4 is 28.8 Å². The predicted octanol–water partition coefficient (Wildman–Crippen LogP) is 5.40. The first-order chi connectivity index (χ1) is 13.5. The highest BCUT2D eigenvalue weighted by molar-refractivity contribution is 7.09. The van der Waals surface area contributed by atoms with Gasteiger partial charge in [-0.1, -0.05) is 23.7 Å². The minimum atomic E-state index is -0.480. The Morgan fingerprint density at radius 1 is 1.07 bits per heavy atom. The lowest BCUT2D eigenvalue weighted by molar-refractivity contribution is 0.0731. The third-order valence-corrected chi connectivity index (χ3v) is 5.37. The Hall–Kier alpha value is -2.57. The van der Waals surface area contributed by atoms with Crippen LogP contribution in [0.15, 0.2) is 53.9 Å². The molecule has 1 aromatic heterocycles. The van der Waals surface area contributed by atoms with Crippen molar-refractivity contribution in [2.45, 2.75) is 13.1 Å². The minimum absolute atomic E-state index is 0.0912. The van der Waals surface area contributed by atoms with Crippen molar-refractivity contribution in [2.75, 3.05) is 14.2 Å². The molecule has 1 amide bonds. The lowest BCUT2D eigenvalue weighted by atomic mass is 10.1. The molecule has 2 aromatic carbocycles. The number of ether oxygens (including phenoxy) is 2. The second-order valence-corrected chi connectivity index (χ2v) is 7.49. The second kappa shape index (κ2) is 9.08. The van der Waals surface area contributed by atoms with Crippen LogP contribution in [0.25, 0.3) is 0 Å². The van der Waals surface area contributed by atoms with E-state index in [2.05, 4.69) is 0 Å². The molecule has 0 saturated carbocycles. The number of rotatable bonds is 7. The predicted molar refractivity (Wildman–Crippen MR) is 109 cm³/mol. The fraction of sp³-hybridized carbons (Fsp3) is 0.190. The molecule has 146 valence electrons. The summed E-state index contributed by atoms with van der Waals surface area (Å²) in [6.45, 7) is 0.753. The number of methoxy groups -OCH3 is 2. The highest BCUT2D eigenvalue weighted by atomic mass is 35.5. The van der Waals surface area contributed by atoms with Crippen molar-refractivity contribution in [1.82, 2.24) is 4.90 Å². The molecule has 3 rings (SSSR count). The molecule has 1 heterocycles. The monoisotopic (exact) mass is 419 g/mol. The summed E-state index contributed by atoms with van der Waals surface area (Å²) in [5.41, 5.74) is 1.14. The van der Waals surface area contributed by atoms with E-state index in [-0.39, 0.29) is 16.5 Å². The normalized spacial score (nSPS) is 10.6. The number of amides is 1. The Bertz CT molecular complexity index is 962. The summed E-state index contributed by atoms with van der Waals surface area (Å²) in [4.78, 5) is 15.9. The van der Waals surface area contributed by atoms with Gasteiger partial charge in [-0.3, -0.25) is 4.79 Å². The standard InChI is InChI=1S/C21H19ClFNO3S/c1-26-19-8-5-14(10-20(19)27-2)12-24(13-16-4-3-9-28-16)21(25)17-7-6-15(23)11-18(17)22/h3-11H,12-13H2,1-2H3. The Kier molecular flexibility index (Phi) is 6.54. The van der Waals surface area contributed by atoms with Crippen LogP contribution in [0, 0.1) is 5.82 Å². The highest BCUT2D eigenvalue weighted by Crippen LogP contribution is 2.29. The van der Waals surface area contributed by atoms with Crippen LogP contribution in [0.3, 0.4) is 0 Å². The van der Waals surface area contributed by atoms with Crippen molar-refractivity contribution in [3.05, 3.63) is 80.8 Å². The quantitative estimate of drug-likeness (QED) is 0.514. The number of halogens is 2. The minimum Gasteiger partial charge on any atom is -0.493 e. The van der Waals surface area contributed by atoms with Gasteiger partial charge in [0, 0.05) is 11.4 Å². The van der Waals surface area contributed by atoms with Crippen molar-refractivity contribution in [3.63, 3.8) is 0 Å². The van der Waals surface area contributed by atoms with Crippen LogP contribution >= 0.6 is 22.9 Å². The van der Waals surface area contributed by atoms with Gasteiger partial charge in [-0.15, -0.1) is 11.3 Å². The van der Waals surface area contributed by atoms with E-state index in [9.17, 15) is 9.18 Å². The smallest absolute Gasteiger partial charge is 0.255 e. The van der Waals surface area contributed by atoms with Crippen molar-refractivity contribution in [3.8, 4) is 11.5 Å². The maximum absolute atomic E-state index is 13.4. The highest BCUT2D eigenvalue weighted by Gasteiger charge is 2.20. The summed E-state index contributed by atoms with van der Waals surface area (Å²) in [5, 5.41) is 2.05. The molecular formula is C21H19ClFNO3S. The van der Waals surface area contributed by atoms with Crippen molar-refractivity contribution in [2.24, 2.45) is 0 Å².